The second-order valence-electron chi connectivity index (χ2n) is 2.70. The molecule has 0 amide bonds. The summed E-state index contributed by atoms with van der Waals surface area (Å²) in [6.45, 7) is 1.80. The minimum Gasteiger partial charge on any atom is -0.478 e. The summed E-state index contributed by atoms with van der Waals surface area (Å²) in [4.78, 5) is 14.5. The molecule has 0 aromatic carbocycles. The summed E-state index contributed by atoms with van der Waals surface area (Å²) >= 11 is 1.33. The lowest BCUT2D eigenvalue weighted by Crippen LogP contribution is -1.99. The Morgan fingerprint density at radius 2 is 2.47 bits per heavy atom. The Morgan fingerprint density at radius 3 is 2.93 bits per heavy atom. The molecule has 4 N–H and O–H groups in total. The van der Waals surface area contributed by atoms with Crippen molar-refractivity contribution in [2.75, 3.05) is 11.5 Å². The van der Waals surface area contributed by atoms with E-state index in [0.29, 0.717) is 22.9 Å². The largest absolute Gasteiger partial charge is 0.478 e. The molecule has 0 saturated heterocycles. The molecule has 1 aromatic rings. The van der Waals surface area contributed by atoms with Crippen molar-refractivity contribution >= 4 is 23.7 Å². The van der Waals surface area contributed by atoms with E-state index in [-0.39, 0.29) is 5.95 Å². The van der Waals surface area contributed by atoms with Crippen LogP contribution in [0.2, 0.25) is 0 Å². The van der Waals surface area contributed by atoms with Gasteiger partial charge >= 0.3 is 5.97 Å². The number of H-pyrrole nitrogens is 1. The van der Waals surface area contributed by atoms with Crippen LogP contribution < -0.4 is 5.73 Å². The van der Waals surface area contributed by atoms with Gasteiger partial charge in [-0.3, -0.25) is 0 Å². The first-order valence-electron chi connectivity index (χ1n) is 4.36. The highest BCUT2D eigenvalue weighted by Crippen LogP contribution is 2.14. The number of carbonyl (C=O) groups is 1. The minimum atomic E-state index is -0.882. The molecule has 0 spiro atoms. The number of rotatable bonds is 5. The number of carboxylic acids is 1. The van der Waals surface area contributed by atoms with Gasteiger partial charge in [-0.1, -0.05) is 24.8 Å². The predicted octanol–water partition coefficient (Wildman–Crippen LogP) is 0.900. The van der Waals surface area contributed by atoms with Crippen LogP contribution in [-0.4, -0.2) is 32.0 Å². The van der Waals surface area contributed by atoms with E-state index in [1.54, 1.807) is 13.0 Å². The Balaban J connectivity index is 2.47. The normalized spacial score (nSPS) is 11.7. The first-order chi connectivity index (χ1) is 7.13. The van der Waals surface area contributed by atoms with E-state index in [0.717, 1.165) is 0 Å². The van der Waals surface area contributed by atoms with Crippen LogP contribution in [0.1, 0.15) is 13.3 Å². The van der Waals surface area contributed by atoms with Crippen LogP contribution in [0.15, 0.2) is 16.8 Å². The lowest BCUT2D eigenvalue weighted by Gasteiger charge is -1.96. The maximum absolute atomic E-state index is 10.6. The highest BCUT2D eigenvalue weighted by atomic mass is 32.2. The molecule has 1 rings (SSSR count). The van der Waals surface area contributed by atoms with Crippen LogP contribution in [0.4, 0.5) is 5.95 Å². The number of nitrogens with zero attached hydrogens (tertiary/aromatic N) is 2. The smallest absolute Gasteiger partial charge is 0.331 e. The summed E-state index contributed by atoms with van der Waals surface area (Å²) in [5.74, 6) is -0.102. The third-order valence-corrected chi connectivity index (χ3v) is 2.45. The number of carboxylic acid groups (broad SMARTS) is 1. The van der Waals surface area contributed by atoms with Gasteiger partial charge in [-0.25, -0.2) is 9.89 Å². The molecule has 0 aliphatic rings. The van der Waals surface area contributed by atoms with Crippen LogP contribution in [0.25, 0.3) is 0 Å². The van der Waals surface area contributed by atoms with Gasteiger partial charge in [0.15, 0.2) is 0 Å². The van der Waals surface area contributed by atoms with Gasteiger partial charge in [0.1, 0.15) is 0 Å². The minimum absolute atomic E-state index is 0.260. The number of nitrogens with one attached hydrogen (secondary N) is 1. The number of aromatic amines is 1. The molecule has 0 bridgehead atoms. The van der Waals surface area contributed by atoms with Gasteiger partial charge in [0, 0.05) is 11.3 Å². The molecule has 1 aromatic heterocycles. The fourth-order valence-electron chi connectivity index (χ4n) is 0.922. The highest BCUT2D eigenvalue weighted by Gasteiger charge is 2.04. The summed E-state index contributed by atoms with van der Waals surface area (Å²) in [5.41, 5.74) is 5.73. The maximum Gasteiger partial charge on any atom is 0.331 e. The summed E-state index contributed by atoms with van der Waals surface area (Å²) in [7, 11) is 0. The lowest BCUT2D eigenvalue weighted by molar-refractivity contribution is -0.132. The molecule has 0 radical (unpaired) electrons. The Bertz CT molecular complexity index is 374. The molecule has 7 heteroatoms. The highest BCUT2D eigenvalue weighted by molar-refractivity contribution is 7.99. The van der Waals surface area contributed by atoms with Gasteiger partial charge in [0.25, 0.3) is 0 Å². The molecular formula is C8H12N4O2S. The van der Waals surface area contributed by atoms with Crippen molar-refractivity contribution < 1.29 is 9.90 Å². The molecule has 1 heterocycles. The standard InChI is InChI=1S/C8H12N4O2S/c1-2-5(6(13)14)3-4-15-8-10-7(9)11-12-8/h3H,2,4H2,1H3,(H,13,14)(H3,9,10,11,12). The zero-order valence-corrected chi connectivity index (χ0v) is 9.04. The number of aliphatic carboxylic acids is 1. The van der Waals surface area contributed by atoms with Crippen molar-refractivity contribution in [1.82, 2.24) is 15.2 Å². The van der Waals surface area contributed by atoms with Crippen molar-refractivity contribution in [2.45, 2.75) is 18.5 Å². The molecule has 6 nitrogen and oxygen atoms in total. The molecular weight excluding hydrogens is 216 g/mol. The Kier molecular flexibility index (Phi) is 4.17. The number of nitrogen functional groups attached to an aromatic ring is 1. The maximum atomic E-state index is 10.6. The number of anilines is 1. The van der Waals surface area contributed by atoms with Gasteiger partial charge in [0.05, 0.1) is 0 Å². The van der Waals surface area contributed by atoms with Crippen LogP contribution >= 0.6 is 11.8 Å². The van der Waals surface area contributed by atoms with Crippen molar-refractivity contribution in [3.63, 3.8) is 0 Å². The van der Waals surface area contributed by atoms with E-state index < -0.39 is 5.97 Å². The molecule has 82 valence electrons. The molecule has 0 saturated carbocycles. The number of hydrogen-bond donors (Lipinski definition) is 3. The van der Waals surface area contributed by atoms with Crippen LogP contribution in [-0.2, 0) is 4.79 Å². The van der Waals surface area contributed by atoms with Gasteiger partial charge in [-0.15, -0.1) is 5.10 Å². The van der Waals surface area contributed by atoms with Crippen molar-refractivity contribution in [2.24, 2.45) is 0 Å². The van der Waals surface area contributed by atoms with E-state index >= 15 is 0 Å². The molecule has 0 unspecified atom stereocenters. The van der Waals surface area contributed by atoms with Crippen molar-refractivity contribution in [3.05, 3.63) is 11.6 Å². The van der Waals surface area contributed by atoms with Gasteiger partial charge in [-0.2, -0.15) is 4.98 Å². The third-order valence-electron chi connectivity index (χ3n) is 1.68. The summed E-state index contributed by atoms with van der Waals surface area (Å²) in [5, 5.41) is 15.6. The summed E-state index contributed by atoms with van der Waals surface area (Å²) < 4.78 is 0. The summed E-state index contributed by atoms with van der Waals surface area (Å²) in [6.07, 6.45) is 2.16. The number of hydrogen-bond acceptors (Lipinski definition) is 5. The lowest BCUT2D eigenvalue weighted by atomic mass is 10.2. The Labute approximate surface area is 91.0 Å². The number of thioether (sulfide) groups is 1. The van der Waals surface area contributed by atoms with Gasteiger partial charge in [-0.05, 0) is 6.42 Å². The topological polar surface area (TPSA) is 105 Å². The van der Waals surface area contributed by atoms with Crippen LogP contribution in [0.5, 0.6) is 0 Å². The third kappa shape index (κ3) is 3.62. The second-order valence-corrected chi connectivity index (χ2v) is 3.69. The first-order valence-corrected chi connectivity index (χ1v) is 5.35. The van der Waals surface area contributed by atoms with Gasteiger partial charge < -0.3 is 10.8 Å². The van der Waals surface area contributed by atoms with Gasteiger partial charge in [0.2, 0.25) is 11.1 Å². The molecule has 0 aliphatic carbocycles. The van der Waals surface area contributed by atoms with Crippen LogP contribution in [0.3, 0.4) is 0 Å². The van der Waals surface area contributed by atoms with E-state index in [9.17, 15) is 4.79 Å². The van der Waals surface area contributed by atoms with E-state index in [1.165, 1.54) is 11.8 Å². The van der Waals surface area contributed by atoms with Crippen molar-refractivity contribution in [1.29, 1.82) is 0 Å². The fourth-order valence-corrected chi connectivity index (χ4v) is 1.63. The zero-order chi connectivity index (χ0) is 11.3. The second kappa shape index (κ2) is 5.40. The molecule has 15 heavy (non-hydrogen) atoms. The predicted molar refractivity (Wildman–Crippen MR) is 57.5 cm³/mol. The quantitative estimate of drug-likeness (QED) is 0.511. The molecule has 0 fully saturated rings. The number of nitrogens with two attached hydrogens (primary N) is 1. The monoisotopic (exact) mass is 228 g/mol. The van der Waals surface area contributed by atoms with Crippen molar-refractivity contribution in [3.8, 4) is 0 Å². The zero-order valence-electron chi connectivity index (χ0n) is 8.23. The van der Waals surface area contributed by atoms with E-state index in [4.69, 9.17) is 10.8 Å². The summed E-state index contributed by atoms with van der Waals surface area (Å²) in [6, 6.07) is 0. The Hall–Kier alpha value is -1.50. The van der Waals surface area contributed by atoms with Crippen LogP contribution in [0, 0.1) is 0 Å². The fraction of sp³-hybridized carbons (Fsp3) is 0.375. The number of aromatic nitrogens is 3. The molecule has 0 atom stereocenters. The average Bonchev–Trinajstić information content (AvgIpc) is 2.58. The van der Waals surface area contributed by atoms with E-state index in [1.807, 2.05) is 0 Å². The molecule has 0 aliphatic heterocycles. The average molecular weight is 228 g/mol. The van der Waals surface area contributed by atoms with E-state index in [2.05, 4.69) is 15.2 Å². The SMILES string of the molecule is CCC(=CCSc1n[nH]c(N)n1)C(=O)O. The Morgan fingerprint density at radius 1 is 1.73 bits per heavy atom. The first kappa shape index (κ1) is 11.6.